The maximum Gasteiger partial charge on any atom is 0.312 e. The van der Waals surface area contributed by atoms with Crippen molar-refractivity contribution in [3.8, 4) is 0 Å². The monoisotopic (exact) mass is 417 g/mol. The number of benzene rings is 1. The van der Waals surface area contributed by atoms with E-state index in [-0.39, 0.29) is 18.8 Å². The van der Waals surface area contributed by atoms with E-state index in [1.165, 1.54) is 0 Å². The molecule has 1 saturated carbocycles. The highest BCUT2D eigenvalue weighted by Gasteiger charge is 2.28. The largest absolute Gasteiger partial charge is 0.457 e. The summed E-state index contributed by atoms with van der Waals surface area (Å²) in [6, 6.07) is 7.55. The van der Waals surface area contributed by atoms with Crippen molar-refractivity contribution in [3.63, 3.8) is 0 Å². The average Bonchev–Trinajstić information content (AvgIpc) is 3.44. The number of halogens is 1. The van der Waals surface area contributed by atoms with Gasteiger partial charge in [-0.25, -0.2) is 4.79 Å². The molecular formula is C21H24ClN3O4. The molecule has 3 N–H and O–H groups in total. The fourth-order valence-electron chi connectivity index (χ4n) is 3.52. The van der Waals surface area contributed by atoms with E-state index in [4.69, 9.17) is 22.1 Å². The number of ether oxygens (including phenoxy) is 1. The molecule has 0 aliphatic heterocycles. The zero-order chi connectivity index (χ0) is 21.1. The van der Waals surface area contributed by atoms with E-state index < -0.39 is 18.0 Å². The van der Waals surface area contributed by atoms with Crippen molar-refractivity contribution in [2.24, 2.45) is 5.73 Å². The molecule has 2 aromatic rings. The Morgan fingerprint density at radius 3 is 2.48 bits per heavy atom. The number of nitrogens with two attached hydrogens (primary N) is 1. The number of aryl methyl sites for hydroxylation is 1. The van der Waals surface area contributed by atoms with E-state index in [1.807, 2.05) is 19.9 Å². The normalized spacial score (nSPS) is 14.3. The molecule has 0 spiro atoms. The Hall–Kier alpha value is -2.80. The van der Waals surface area contributed by atoms with Crippen LogP contribution >= 0.6 is 11.6 Å². The third kappa shape index (κ3) is 5.17. The number of esters is 1. The van der Waals surface area contributed by atoms with Gasteiger partial charge in [0.05, 0.1) is 12.5 Å². The second-order valence-corrected chi connectivity index (χ2v) is 7.72. The Morgan fingerprint density at radius 2 is 1.90 bits per heavy atom. The van der Waals surface area contributed by atoms with Crippen LogP contribution in [0.2, 0.25) is 5.02 Å². The predicted molar refractivity (Wildman–Crippen MR) is 109 cm³/mol. The number of hydrogen-bond donors (Lipinski definition) is 2. The van der Waals surface area contributed by atoms with Gasteiger partial charge in [0.1, 0.15) is 0 Å². The lowest BCUT2D eigenvalue weighted by Gasteiger charge is -2.17. The van der Waals surface area contributed by atoms with Crippen LogP contribution in [0.15, 0.2) is 30.3 Å². The molecule has 8 heteroatoms. The Morgan fingerprint density at radius 1 is 1.24 bits per heavy atom. The maximum atomic E-state index is 12.6. The van der Waals surface area contributed by atoms with Gasteiger partial charge in [0.25, 0.3) is 0 Å². The molecule has 1 aliphatic rings. The lowest BCUT2D eigenvalue weighted by Crippen LogP contribution is -2.34. The van der Waals surface area contributed by atoms with Crippen molar-refractivity contribution in [2.75, 3.05) is 6.61 Å². The van der Waals surface area contributed by atoms with Crippen LogP contribution in [0.4, 0.5) is 4.79 Å². The first-order valence-corrected chi connectivity index (χ1v) is 9.82. The molecule has 0 saturated heterocycles. The van der Waals surface area contributed by atoms with E-state index in [9.17, 15) is 14.4 Å². The molecule has 7 nitrogen and oxygen atoms in total. The number of amides is 2. The number of Topliss-reactive ketones (excluding diaryl/α,β-unsaturated/α-hetero) is 1. The number of carbonyl (C=O) groups is 3. The van der Waals surface area contributed by atoms with Crippen molar-refractivity contribution in [1.29, 1.82) is 0 Å². The van der Waals surface area contributed by atoms with E-state index in [2.05, 4.69) is 9.88 Å². The van der Waals surface area contributed by atoms with Crippen LogP contribution in [0.3, 0.4) is 0 Å². The van der Waals surface area contributed by atoms with Crippen LogP contribution in [-0.4, -0.2) is 29.0 Å². The smallest absolute Gasteiger partial charge is 0.312 e. The van der Waals surface area contributed by atoms with Crippen LogP contribution in [0.5, 0.6) is 0 Å². The number of aromatic nitrogens is 1. The minimum atomic E-state index is -0.763. The zero-order valence-electron chi connectivity index (χ0n) is 16.4. The second-order valence-electron chi connectivity index (χ2n) is 7.29. The van der Waals surface area contributed by atoms with Gasteiger partial charge in [-0.3, -0.25) is 9.59 Å². The Kier molecular flexibility index (Phi) is 6.27. The standard InChI is InChI=1S/C21H24ClN3O4/c1-12-9-17(13(2)25(12)16-7-8-16)19(26)11-29-20(27)10-18(24-21(23)28)14-3-5-15(22)6-4-14/h3-6,9,16,18H,7-8,10-11H2,1-2H3,(H3,23,24,28). The van der Waals surface area contributed by atoms with Crippen molar-refractivity contribution in [1.82, 2.24) is 9.88 Å². The Balaban J connectivity index is 1.61. The summed E-state index contributed by atoms with van der Waals surface area (Å²) in [6.07, 6.45) is 2.09. The van der Waals surface area contributed by atoms with Crippen molar-refractivity contribution in [3.05, 3.63) is 57.9 Å². The zero-order valence-corrected chi connectivity index (χ0v) is 17.2. The fraction of sp³-hybridized carbons (Fsp3) is 0.381. The number of carbonyl (C=O) groups excluding carboxylic acids is 3. The minimum Gasteiger partial charge on any atom is -0.457 e. The third-order valence-electron chi connectivity index (χ3n) is 5.02. The SMILES string of the molecule is Cc1cc(C(=O)COC(=O)CC(NC(N)=O)c2ccc(Cl)cc2)c(C)n1C1CC1. The third-order valence-corrected chi connectivity index (χ3v) is 5.27. The molecule has 1 atom stereocenters. The van der Waals surface area contributed by atoms with Crippen LogP contribution in [0.25, 0.3) is 0 Å². The summed E-state index contributed by atoms with van der Waals surface area (Å²) in [7, 11) is 0. The molecule has 1 aromatic carbocycles. The van der Waals surface area contributed by atoms with Gasteiger partial charge in [-0.1, -0.05) is 23.7 Å². The van der Waals surface area contributed by atoms with Gasteiger partial charge in [-0.05, 0) is 50.5 Å². The molecule has 1 unspecified atom stereocenters. The average molecular weight is 418 g/mol. The minimum absolute atomic E-state index is 0.154. The molecule has 154 valence electrons. The first-order valence-electron chi connectivity index (χ1n) is 9.45. The molecule has 1 heterocycles. The van der Waals surface area contributed by atoms with E-state index in [0.29, 0.717) is 22.2 Å². The topological polar surface area (TPSA) is 103 Å². The molecule has 3 rings (SSSR count). The number of urea groups is 1. The second kappa shape index (κ2) is 8.69. The molecule has 0 radical (unpaired) electrons. The maximum absolute atomic E-state index is 12.6. The van der Waals surface area contributed by atoms with Crippen molar-refractivity contribution in [2.45, 2.75) is 45.2 Å². The van der Waals surface area contributed by atoms with Crippen molar-refractivity contribution < 1.29 is 19.1 Å². The summed E-state index contributed by atoms with van der Waals surface area (Å²) >= 11 is 5.88. The highest BCUT2D eigenvalue weighted by molar-refractivity contribution is 6.30. The van der Waals surface area contributed by atoms with Gasteiger partial charge in [-0.15, -0.1) is 0 Å². The number of hydrogen-bond acceptors (Lipinski definition) is 4. The fourth-order valence-corrected chi connectivity index (χ4v) is 3.65. The van der Waals surface area contributed by atoms with Crippen LogP contribution < -0.4 is 11.1 Å². The first-order chi connectivity index (χ1) is 13.8. The lowest BCUT2D eigenvalue weighted by atomic mass is 10.0. The molecular weight excluding hydrogens is 394 g/mol. The van der Waals surface area contributed by atoms with Crippen molar-refractivity contribution >= 4 is 29.4 Å². The quantitative estimate of drug-likeness (QED) is 0.505. The first kappa shape index (κ1) is 20.9. The summed E-state index contributed by atoms with van der Waals surface area (Å²) in [6.45, 7) is 3.53. The summed E-state index contributed by atoms with van der Waals surface area (Å²) in [4.78, 5) is 36.1. The molecule has 0 bridgehead atoms. The van der Waals surface area contributed by atoms with Gasteiger partial charge < -0.3 is 20.4 Å². The van der Waals surface area contributed by atoms with Crippen LogP contribution in [0, 0.1) is 13.8 Å². The number of primary amides is 1. The van der Waals surface area contributed by atoms with Crippen LogP contribution in [-0.2, 0) is 9.53 Å². The summed E-state index contributed by atoms with van der Waals surface area (Å²) in [5, 5.41) is 3.04. The number of ketones is 1. The van der Waals surface area contributed by atoms with Gasteiger partial charge in [0.2, 0.25) is 5.78 Å². The van der Waals surface area contributed by atoms with Gasteiger partial charge in [0, 0.05) is 28.0 Å². The highest BCUT2D eigenvalue weighted by Crippen LogP contribution is 2.38. The number of nitrogens with one attached hydrogen (secondary N) is 1. The number of rotatable bonds is 8. The molecule has 29 heavy (non-hydrogen) atoms. The van der Waals surface area contributed by atoms with E-state index in [1.54, 1.807) is 24.3 Å². The van der Waals surface area contributed by atoms with Gasteiger partial charge in [-0.2, -0.15) is 0 Å². The Bertz CT molecular complexity index is 932. The van der Waals surface area contributed by atoms with E-state index in [0.717, 1.165) is 24.2 Å². The highest BCUT2D eigenvalue weighted by atomic mass is 35.5. The van der Waals surface area contributed by atoms with E-state index >= 15 is 0 Å². The molecule has 1 fully saturated rings. The lowest BCUT2D eigenvalue weighted by molar-refractivity contribution is -0.143. The number of nitrogens with zero attached hydrogens (tertiary/aromatic N) is 1. The van der Waals surface area contributed by atoms with Gasteiger partial charge in [0.15, 0.2) is 6.61 Å². The van der Waals surface area contributed by atoms with Crippen LogP contribution in [0.1, 0.15) is 58.7 Å². The molecule has 1 aromatic heterocycles. The molecule has 2 amide bonds. The summed E-state index contributed by atoms with van der Waals surface area (Å²) in [5.41, 5.74) is 8.38. The predicted octanol–water partition coefficient (Wildman–Crippen LogP) is 3.62. The summed E-state index contributed by atoms with van der Waals surface area (Å²) < 4.78 is 7.35. The molecule has 1 aliphatic carbocycles. The Labute approximate surface area is 174 Å². The van der Waals surface area contributed by atoms with Gasteiger partial charge >= 0.3 is 12.0 Å². The summed E-state index contributed by atoms with van der Waals surface area (Å²) in [5.74, 6) is -0.854.